The SMILES string of the molecule is COc1ccc(OC)c(N(CC(=O)N/N=C\c2ccncc2)S(=O)(=O)c2ccccc2)c1. The Hall–Kier alpha value is -3.92. The third-order valence-corrected chi connectivity index (χ3v) is 6.16. The predicted molar refractivity (Wildman–Crippen MR) is 120 cm³/mol. The summed E-state index contributed by atoms with van der Waals surface area (Å²) < 4.78 is 38.4. The molecule has 0 spiro atoms. The number of aromatic nitrogens is 1. The van der Waals surface area contributed by atoms with Crippen LogP contribution in [0.2, 0.25) is 0 Å². The number of nitrogens with zero attached hydrogens (tertiary/aromatic N) is 3. The van der Waals surface area contributed by atoms with Crippen molar-refractivity contribution in [3.8, 4) is 11.5 Å². The highest BCUT2D eigenvalue weighted by atomic mass is 32.2. The van der Waals surface area contributed by atoms with Crippen molar-refractivity contribution in [2.75, 3.05) is 25.1 Å². The molecule has 2 aromatic carbocycles. The van der Waals surface area contributed by atoms with Gasteiger partial charge in [0, 0.05) is 18.5 Å². The maximum Gasteiger partial charge on any atom is 0.264 e. The van der Waals surface area contributed by atoms with E-state index in [0.717, 1.165) is 9.87 Å². The molecule has 0 unspecified atom stereocenters. The number of rotatable bonds is 9. The Bertz CT molecular complexity index is 1190. The first-order valence-corrected chi connectivity index (χ1v) is 10.9. The van der Waals surface area contributed by atoms with Crippen molar-refractivity contribution in [2.45, 2.75) is 4.90 Å². The number of benzene rings is 2. The summed E-state index contributed by atoms with van der Waals surface area (Å²) in [4.78, 5) is 16.6. The lowest BCUT2D eigenvalue weighted by atomic mass is 10.2. The van der Waals surface area contributed by atoms with Gasteiger partial charge in [-0.25, -0.2) is 13.8 Å². The second-order valence-corrected chi connectivity index (χ2v) is 8.30. The van der Waals surface area contributed by atoms with Gasteiger partial charge in [0.05, 0.1) is 31.0 Å². The van der Waals surface area contributed by atoms with Crippen LogP contribution in [-0.2, 0) is 14.8 Å². The summed E-state index contributed by atoms with van der Waals surface area (Å²) >= 11 is 0. The van der Waals surface area contributed by atoms with E-state index < -0.39 is 22.5 Å². The van der Waals surface area contributed by atoms with E-state index in [4.69, 9.17) is 9.47 Å². The number of carbonyl (C=O) groups excluding carboxylic acids is 1. The zero-order valence-electron chi connectivity index (χ0n) is 17.5. The second-order valence-electron chi connectivity index (χ2n) is 6.44. The molecule has 0 aliphatic rings. The first kappa shape index (κ1) is 22.8. The van der Waals surface area contributed by atoms with Gasteiger partial charge in [-0.05, 0) is 42.0 Å². The summed E-state index contributed by atoms with van der Waals surface area (Å²) in [7, 11) is -1.23. The molecule has 0 aliphatic heterocycles. The average molecular weight is 455 g/mol. The van der Waals surface area contributed by atoms with E-state index >= 15 is 0 Å². The molecular weight excluding hydrogens is 432 g/mol. The normalized spacial score (nSPS) is 11.2. The van der Waals surface area contributed by atoms with Gasteiger partial charge in [0.15, 0.2) is 0 Å². The van der Waals surface area contributed by atoms with Crippen molar-refractivity contribution in [1.29, 1.82) is 0 Å². The molecule has 10 heteroatoms. The maximum atomic E-state index is 13.4. The van der Waals surface area contributed by atoms with Crippen LogP contribution < -0.4 is 19.2 Å². The van der Waals surface area contributed by atoms with Crippen molar-refractivity contribution in [3.05, 3.63) is 78.6 Å². The summed E-state index contributed by atoms with van der Waals surface area (Å²) in [6, 6.07) is 15.9. The smallest absolute Gasteiger partial charge is 0.264 e. The fourth-order valence-electron chi connectivity index (χ4n) is 2.81. The lowest BCUT2D eigenvalue weighted by molar-refractivity contribution is -0.119. The van der Waals surface area contributed by atoms with Gasteiger partial charge >= 0.3 is 0 Å². The van der Waals surface area contributed by atoms with Crippen LogP contribution in [-0.4, -0.2) is 46.3 Å². The second kappa shape index (κ2) is 10.4. The van der Waals surface area contributed by atoms with E-state index in [1.807, 2.05) is 0 Å². The maximum absolute atomic E-state index is 13.4. The minimum atomic E-state index is -4.11. The van der Waals surface area contributed by atoms with Crippen LogP contribution in [0, 0.1) is 0 Å². The first-order valence-electron chi connectivity index (χ1n) is 9.47. The van der Waals surface area contributed by atoms with Crippen molar-refractivity contribution in [3.63, 3.8) is 0 Å². The number of methoxy groups -OCH3 is 2. The summed E-state index contributed by atoms with van der Waals surface area (Å²) in [5.74, 6) is 0.0308. The molecule has 3 aromatic rings. The van der Waals surface area contributed by atoms with Gasteiger partial charge in [-0.2, -0.15) is 5.10 Å². The molecule has 32 heavy (non-hydrogen) atoms. The van der Waals surface area contributed by atoms with Gasteiger partial charge in [0.1, 0.15) is 18.0 Å². The summed E-state index contributed by atoms with van der Waals surface area (Å²) in [6.45, 7) is -0.533. The summed E-state index contributed by atoms with van der Waals surface area (Å²) in [6.07, 6.45) is 4.61. The fourth-order valence-corrected chi connectivity index (χ4v) is 4.25. The Morgan fingerprint density at radius 3 is 2.44 bits per heavy atom. The van der Waals surface area contributed by atoms with Crippen LogP contribution in [0.1, 0.15) is 5.56 Å². The highest BCUT2D eigenvalue weighted by Crippen LogP contribution is 2.35. The molecule has 0 aliphatic carbocycles. The topological polar surface area (TPSA) is 110 Å². The monoisotopic (exact) mass is 454 g/mol. The summed E-state index contributed by atoms with van der Waals surface area (Å²) in [5, 5.41) is 3.89. The molecule has 0 radical (unpaired) electrons. The molecular formula is C22H22N4O5S. The largest absolute Gasteiger partial charge is 0.497 e. The molecule has 1 amide bonds. The van der Waals surface area contributed by atoms with Gasteiger partial charge in [-0.1, -0.05) is 18.2 Å². The number of nitrogens with one attached hydrogen (secondary N) is 1. The lowest BCUT2D eigenvalue weighted by Crippen LogP contribution is -2.39. The van der Waals surface area contributed by atoms with Crippen molar-refractivity contribution in [2.24, 2.45) is 5.10 Å². The number of sulfonamides is 1. The van der Waals surface area contributed by atoms with Gasteiger partial charge in [-0.15, -0.1) is 0 Å². The van der Waals surface area contributed by atoms with E-state index in [0.29, 0.717) is 5.75 Å². The Labute approximate surface area is 186 Å². The number of pyridine rings is 1. The van der Waals surface area contributed by atoms with E-state index in [2.05, 4.69) is 15.5 Å². The fraction of sp³-hybridized carbons (Fsp3) is 0.136. The number of amides is 1. The molecule has 0 saturated carbocycles. The van der Waals surface area contributed by atoms with E-state index in [1.54, 1.807) is 54.9 Å². The number of anilines is 1. The summed E-state index contributed by atoms with van der Waals surface area (Å²) in [5.41, 5.74) is 3.23. The predicted octanol–water partition coefficient (Wildman–Crippen LogP) is 2.44. The first-order chi connectivity index (χ1) is 15.5. The van der Waals surface area contributed by atoms with Gasteiger partial charge in [-0.3, -0.25) is 14.1 Å². The Morgan fingerprint density at radius 1 is 1.06 bits per heavy atom. The van der Waals surface area contributed by atoms with Gasteiger partial charge in [0.2, 0.25) is 0 Å². The minimum Gasteiger partial charge on any atom is -0.497 e. The zero-order valence-corrected chi connectivity index (χ0v) is 18.3. The number of carbonyl (C=O) groups is 1. The lowest BCUT2D eigenvalue weighted by Gasteiger charge is -2.25. The van der Waals surface area contributed by atoms with E-state index in [-0.39, 0.29) is 16.3 Å². The highest BCUT2D eigenvalue weighted by Gasteiger charge is 2.29. The molecule has 1 heterocycles. The molecule has 0 fully saturated rings. The van der Waals surface area contributed by atoms with Crippen LogP contribution in [0.5, 0.6) is 11.5 Å². The van der Waals surface area contributed by atoms with Crippen molar-refractivity contribution >= 4 is 27.8 Å². The van der Waals surface area contributed by atoms with Crippen LogP contribution in [0.15, 0.2) is 83.1 Å². The minimum absolute atomic E-state index is 0.0259. The van der Waals surface area contributed by atoms with Gasteiger partial charge in [0.25, 0.3) is 15.9 Å². The van der Waals surface area contributed by atoms with Crippen LogP contribution >= 0.6 is 0 Å². The quantitative estimate of drug-likeness (QED) is 0.393. The molecule has 9 nitrogen and oxygen atoms in total. The Balaban J connectivity index is 1.94. The molecule has 0 saturated heterocycles. The molecule has 0 bridgehead atoms. The number of hydrogen-bond donors (Lipinski definition) is 1. The molecule has 1 aromatic heterocycles. The number of hydrogen-bond acceptors (Lipinski definition) is 7. The van der Waals surface area contributed by atoms with E-state index in [1.165, 1.54) is 38.6 Å². The van der Waals surface area contributed by atoms with Crippen LogP contribution in [0.3, 0.4) is 0 Å². The Kier molecular flexibility index (Phi) is 7.40. The average Bonchev–Trinajstić information content (AvgIpc) is 2.83. The van der Waals surface area contributed by atoms with E-state index in [9.17, 15) is 13.2 Å². The molecule has 166 valence electrons. The third kappa shape index (κ3) is 5.41. The molecule has 0 atom stereocenters. The number of hydrazone groups is 1. The zero-order chi connectivity index (χ0) is 23.0. The third-order valence-electron chi connectivity index (χ3n) is 4.38. The molecule has 1 N–H and O–H groups in total. The standard InChI is InChI=1S/C22H22N4O5S/c1-30-18-8-9-21(31-2)20(14-18)26(32(28,29)19-6-4-3-5-7-19)16-22(27)25-24-15-17-10-12-23-13-11-17/h3-15H,16H2,1-2H3,(H,25,27)/b24-15-. The van der Waals surface area contributed by atoms with Crippen LogP contribution in [0.4, 0.5) is 5.69 Å². The van der Waals surface area contributed by atoms with Crippen molar-refractivity contribution < 1.29 is 22.7 Å². The highest BCUT2D eigenvalue weighted by molar-refractivity contribution is 7.92. The molecule has 3 rings (SSSR count). The van der Waals surface area contributed by atoms with Gasteiger partial charge < -0.3 is 9.47 Å². The van der Waals surface area contributed by atoms with Crippen LogP contribution in [0.25, 0.3) is 0 Å². The number of ether oxygens (including phenoxy) is 2. The van der Waals surface area contributed by atoms with Crippen molar-refractivity contribution in [1.82, 2.24) is 10.4 Å². The Morgan fingerprint density at radius 2 is 1.78 bits per heavy atom.